The van der Waals surface area contributed by atoms with Gasteiger partial charge >= 0.3 is 0 Å². The lowest BCUT2D eigenvalue weighted by Crippen LogP contribution is -2.32. The van der Waals surface area contributed by atoms with Gasteiger partial charge in [0, 0.05) is 49.7 Å². The average molecular weight is 433 g/mol. The van der Waals surface area contributed by atoms with Crippen molar-refractivity contribution in [2.75, 3.05) is 37.7 Å². The van der Waals surface area contributed by atoms with Crippen LogP contribution >= 0.6 is 0 Å². The first-order chi connectivity index (χ1) is 14.9. The molecule has 0 saturated carbocycles. The van der Waals surface area contributed by atoms with Gasteiger partial charge in [0.15, 0.2) is 17.6 Å². The van der Waals surface area contributed by atoms with Crippen LogP contribution in [0.2, 0.25) is 0 Å². The van der Waals surface area contributed by atoms with Crippen LogP contribution in [-0.4, -0.2) is 59.8 Å². The minimum absolute atomic E-state index is 0.153. The summed E-state index contributed by atoms with van der Waals surface area (Å²) in [4.78, 5) is 17.9. The third-order valence-electron chi connectivity index (χ3n) is 5.12. The quantitative estimate of drug-likeness (QED) is 0.485. The maximum atomic E-state index is 8.36. The summed E-state index contributed by atoms with van der Waals surface area (Å²) in [6, 6.07) is 4.17. The van der Waals surface area contributed by atoms with Gasteiger partial charge in [0.1, 0.15) is 5.69 Å². The molecule has 1 aliphatic carbocycles. The summed E-state index contributed by atoms with van der Waals surface area (Å²) >= 11 is 0. The molecule has 3 rings (SSSR count). The summed E-state index contributed by atoms with van der Waals surface area (Å²) in [5, 5.41) is 13.6. The van der Waals surface area contributed by atoms with E-state index in [-0.39, 0.29) is 6.10 Å². The van der Waals surface area contributed by atoms with E-state index in [1.54, 1.807) is 0 Å². The second-order valence-corrected chi connectivity index (χ2v) is 6.81. The molecule has 0 amide bonds. The monoisotopic (exact) mass is 432 g/mol. The highest BCUT2D eigenvalue weighted by Gasteiger charge is 2.28. The lowest BCUT2D eigenvalue weighted by molar-refractivity contribution is -0.742. The largest absolute Gasteiger partial charge is 0.491 e. The zero-order chi connectivity index (χ0) is 23.0. The highest BCUT2D eigenvalue weighted by atomic mass is 16.9. The normalized spacial score (nSPS) is 15.8. The molecule has 1 N–H and O–H groups in total. The molecule has 1 atom stereocenters. The summed E-state index contributed by atoms with van der Waals surface area (Å²) < 4.78 is 12.3. The molecule has 0 radical (unpaired) electrons. The van der Waals surface area contributed by atoms with Gasteiger partial charge in [-0.05, 0) is 52.8 Å². The van der Waals surface area contributed by atoms with E-state index >= 15 is 0 Å². The first kappa shape index (κ1) is 24.0. The van der Waals surface area contributed by atoms with E-state index in [1.807, 2.05) is 6.92 Å². The van der Waals surface area contributed by atoms with Crippen LogP contribution < -0.4 is 14.4 Å². The van der Waals surface area contributed by atoms with Crippen LogP contribution in [0, 0.1) is 10.1 Å². The predicted molar refractivity (Wildman–Crippen MR) is 122 cm³/mol. The fraction of sp³-hybridized carbons (Fsp3) is 0.500. The number of fused-ring (bicyclic) bond motifs is 2. The smallest absolute Gasteiger partial charge is 0.291 e. The second-order valence-electron chi connectivity index (χ2n) is 6.81. The second kappa shape index (κ2) is 11.2. The molecular weight excluding hydrogens is 400 g/mol. The Balaban J connectivity index is 0.000000785. The zero-order valence-electron chi connectivity index (χ0n) is 18.9. The molecule has 31 heavy (non-hydrogen) atoms. The summed E-state index contributed by atoms with van der Waals surface area (Å²) in [5.41, 5.74) is 4.02. The molecule has 2 aliphatic rings. The van der Waals surface area contributed by atoms with E-state index < -0.39 is 5.09 Å². The van der Waals surface area contributed by atoms with E-state index in [0.717, 1.165) is 54.8 Å². The molecular formula is C22H32N4O5. The maximum Gasteiger partial charge on any atom is 0.291 e. The van der Waals surface area contributed by atoms with E-state index in [4.69, 9.17) is 29.8 Å². The Kier molecular flexibility index (Phi) is 8.72. The van der Waals surface area contributed by atoms with Crippen molar-refractivity contribution in [2.45, 2.75) is 40.7 Å². The Hall–Kier alpha value is -3.23. The molecule has 0 fully saturated rings. The number of anilines is 1. The van der Waals surface area contributed by atoms with Gasteiger partial charge in [-0.3, -0.25) is 0 Å². The Labute approximate surface area is 183 Å². The van der Waals surface area contributed by atoms with Crippen LogP contribution in [0.3, 0.4) is 0 Å². The highest BCUT2D eigenvalue weighted by Crippen LogP contribution is 2.45. The van der Waals surface area contributed by atoms with Crippen LogP contribution in [-0.2, 0) is 0 Å². The maximum absolute atomic E-state index is 8.36. The zero-order valence-corrected chi connectivity index (χ0v) is 18.9. The molecule has 170 valence electrons. The fourth-order valence-corrected chi connectivity index (χ4v) is 3.63. The number of likely N-dealkylation sites (N-methyl/N-ethyl adjacent to an activating group) is 1. The van der Waals surface area contributed by atoms with Gasteiger partial charge in [0.05, 0.1) is 12.3 Å². The molecule has 9 nitrogen and oxygen atoms in total. The van der Waals surface area contributed by atoms with Crippen LogP contribution in [0.5, 0.6) is 11.5 Å². The first-order valence-electron chi connectivity index (χ1n) is 10.7. The minimum Gasteiger partial charge on any atom is -0.491 e. The molecule has 0 aromatic heterocycles. The van der Waals surface area contributed by atoms with Gasteiger partial charge in [-0.25, -0.2) is 4.99 Å². The van der Waals surface area contributed by atoms with Crippen molar-refractivity contribution in [2.24, 2.45) is 4.99 Å². The number of allylic oxidation sites excluding steroid dienone is 1. The summed E-state index contributed by atoms with van der Waals surface area (Å²) in [6.45, 7) is 15.1. The molecule has 1 aromatic carbocycles. The van der Waals surface area contributed by atoms with Crippen molar-refractivity contribution in [3.63, 3.8) is 0 Å². The van der Waals surface area contributed by atoms with Gasteiger partial charge in [0.25, 0.3) is 5.09 Å². The van der Waals surface area contributed by atoms with E-state index in [0.29, 0.717) is 6.61 Å². The topological polar surface area (TPSA) is 101 Å². The minimum atomic E-state index is -1.50. The summed E-state index contributed by atoms with van der Waals surface area (Å²) in [6.07, 6.45) is 6.20. The van der Waals surface area contributed by atoms with Gasteiger partial charge in [-0.15, -0.1) is 10.1 Å². The lowest BCUT2D eigenvalue weighted by atomic mass is 10.0. The van der Waals surface area contributed by atoms with Crippen molar-refractivity contribution in [1.29, 1.82) is 0 Å². The van der Waals surface area contributed by atoms with Crippen LogP contribution in [0.25, 0.3) is 0 Å². The van der Waals surface area contributed by atoms with Gasteiger partial charge in [-0.1, -0.05) is 0 Å². The van der Waals surface area contributed by atoms with Crippen molar-refractivity contribution in [3.8, 4) is 11.5 Å². The van der Waals surface area contributed by atoms with Gasteiger partial charge in [0.2, 0.25) is 0 Å². The van der Waals surface area contributed by atoms with Crippen molar-refractivity contribution in [3.05, 3.63) is 46.2 Å². The van der Waals surface area contributed by atoms with Crippen LogP contribution in [0.1, 0.15) is 34.6 Å². The Morgan fingerprint density at radius 2 is 1.71 bits per heavy atom. The number of aliphatic imine (C=N–C) groups is 1. The number of nitrogens with zero attached hydrogens (tertiary/aromatic N) is 4. The fourth-order valence-electron chi connectivity index (χ4n) is 3.63. The number of ether oxygens (including phenoxy) is 2. The molecule has 1 aromatic rings. The van der Waals surface area contributed by atoms with Crippen molar-refractivity contribution in [1.82, 2.24) is 4.90 Å². The molecule has 1 aliphatic heterocycles. The molecule has 1 unspecified atom stereocenters. The summed E-state index contributed by atoms with van der Waals surface area (Å²) in [7, 11) is 0. The Morgan fingerprint density at radius 1 is 1.10 bits per heavy atom. The molecule has 9 heteroatoms. The molecule has 0 spiro atoms. The lowest BCUT2D eigenvalue weighted by Gasteiger charge is -2.31. The first-order valence-corrected chi connectivity index (χ1v) is 10.7. The van der Waals surface area contributed by atoms with Gasteiger partial charge in [-0.2, -0.15) is 0 Å². The Bertz CT molecular complexity index is 854. The number of hydrogen-bond acceptors (Lipinski definition) is 7. The third kappa shape index (κ3) is 5.90. The summed E-state index contributed by atoms with van der Waals surface area (Å²) in [5.74, 6) is 1.58. The SMILES string of the molecule is CCOc1cc(N(CC)CC)cc2c1N=C1C=CC(N(CC)CC)=CC1O2.O=[N+]([O-])O. The van der Waals surface area contributed by atoms with Crippen molar-refractivity contribution < 1.29 is 19.8 Å². The van der Waals surface area contributed by atoms with E-state index in [1.165, 1.54) is 5.70 Å². The standard InChI is InChI=1S/C22H31N3O2.HNO3/c1-6-24(7-2)16-11-12-18-19(13-16)27-21-15-17(25(8-3)9-4)14-20(26-10-5)22(21)23-18;2-1(3)4/h11-15,19H,6-10H2,1-5H3;(H,2,3,4). The average Bonchev–Trinajstić information content (AvgIpc) is 2.74. The van der Waals surface area contributed by atoms with Crippen molar-refractivity contribution >= 4 is 17.1 Å². The van der Waals surface area contributed by atoms with E-state index in [9.17, 15) is 0 Å². The Morgan fingerprint density at radius 3 is 2.26 bits per heavy atom. The highest BCUT2D eigenvalue weighted by molar-refractivity contribution is 6.05. The molecule has 1 heterocycles. The predicted octanol–water partition coefficient (Wildman–Crippen LogP) is 4.21. The third-order valence-corrected chi connectivity index (χ3v) is 5.12. The van der Waals surface area contributed by atoms with Crippen LogP contribution in [0.15, 0.2) is 41.1 Å². The number of rotatable bonds is 8. The van der Waals surface area contributed by atoms with E-state index in [2.05, 4.69) is 67.9 Å². The number of benzene rings is 1. The molecule has 0 saturated heterocycles. The van der Waals surface area contributed by atoms with Crippen LogP contribution in [0.4, 0.5) is 11.4 Å². The molecule has 0 bridgehead atoms. The van der Waals surface area contributed by atoms with Gasteiger partial charge < -0.3 is 24.5 Å². The number of hydrogen-bond donors (Lipinski definition) is 1.